The Bertz CT molecular complexity index is 754. The van der Waals surface area contributed by atoms with Crippen molar-refractivity contribution in [1.82, 2.24) is 4.98 Å². The monoisotopic (exact) mass is 278 g/mol. The van der Waals surface area contributed by atoms with Gasteiger partial charge in [-0.3, -0.25) is 4.98 Å². The molecular formula is C18H18N2O. The van der Waals surface area contributed by atoms with E-state index in [1.54, 1.807) is 0 Å². The normalized spacial score (nSPS) is 10.8. The number of aromatic nitrogens is 1. The van der Waals surface area contributed by atoms with Gasteiger partial charge >= 0.3 is 0 Å². The molecule has 1 aromatic heterocycles. The van der Waals surface area contributed by atoms with E-state index in [0.29, 0.717) is 13.2 Å². The Balaban J connectivity index is 1.85. The second-order valence-electron chi connectivity index (χ2n) is 5.09. The van der Waals surface area contributed by atoms with Crippen LogP contribution in [0.2, 0.25) is 0 Å². The van der Waals surface area contributed by atoms with E-state index in [9.17, 15) is 0 Å². The largest absolute Gasteiger partial charge is 0.489 e. The number of rotatable bonds is 4. The minimum absolute atomic E-state index is 0.461. The van der Waals surface area contributed by atoms with Gasteiger partial charge in [-0.15, -0.1) is 0 Å². The topological polar surface area (TPSA) is 48.1 Å². The van der Waals surface area contributed by atoms with Crippen molar-refractivity contribution in [2.45, 2.75) is 20.1 Å². The molecule has 3 aromatic rings. The number of nitrogens with zero attached hydrogens (tertiary/aromatic N) is 1. The van der Waals surface area contributed by atoms with Crippen LogP contribution < -0.4 is 10.5 Å². The van der Waals surface area contributed by atoms with Crippen molar-refractivity contribution in [3.63, 3.8) is 0 Å². The lowest BCUT2D eigenvalue weighted by Gasteiger charge is -2.09. The maximum atomic E-state index is 5.86. The second kappa shape index (κ2) is 5.94. The molecule has 0 amide bonds. The first-order valence-electron chi connectivity index (χ1n) is 7.03. The van der Waals surface area contributed by atoms with Crippen LogP contribution in [0.15, 0.2) is 54.6 Å². The summed E-state index contributed by atoms with van der Waals surface area (Å²) in [4.78, 5) is 4.53. The Labute approximate surface area is 124 Å². The lowest BCUT2D eigenvalue weighted by Crippen LogP contribution is -2.01. The fourth-order valence-electron chi connectivity index (χ4n) is 2.38. The van der Waals surface area contributed by atoms with Gasteiger partial charge in [-0.2, -0.15) is 0 Å². The number of ether oxygens (including phenoxy) is 1. The lowest BCUT2D eigenvalue weighted by atomic mass is 10.1. The van der Waals surface area contributed by atoms with E-state index in [-0.39, 0.29) is 0 Å². The van der Waals surface area contributed by atoms with Gasteiger partial charge in [-0.1, -0.05) is 30.3 Å². The van der Waals surface area contributed by atoms with Gasteiger partial charge in [0.15, 0.2) is 0 Å². The third-order valence-corrected chi connectivity index (χ3v) is 3.50. The maximum Gasteiger partial charge on any atom is 0.120 e. The molecule has 0 fully saturated rings. The van der Waals surface area contributed by atoms with Gasteiger partial charge in [-0.05, 0) is 42.3 Å². The van der Waals surface area contributed by atoms with Gasteiger partial charge in [0, 0.05) is 11.9 Å². The van der Waals surface area contributed by atoms with Crippen LogP contribution in [-0.4, -0.2) is 4.98 Å². The molecule has 0 bridgehead atoms. The van der Waals surface area contributed by atoms with Crippen LogP contribution in [0.25, 0.3) is 10.9 Å². The van der Waals surface area contributed by atoms with E-state index in [1.807, 2.05) is 42.5 Å². The fraction of sp³-hybridized carbons (Fsp3) is 0.167. The van der Waals surface area contributed by atoms with E-state index >= 15 is 0 Å². The van der Waals surface area contributed by atoms with Crippen LogP contribution in [-0.2, 0) is 13.2 Å². The molecule has 1 heterocycles. The van der Waals surface area contributed by atoms with Crippen molar-refractivity contribution < 1.29 is 4.74 Å². The Hall–Kier alpha value is -2.39. The summed E-state index contributed by atoms with van der Waals surface area (Å²) in [6.45, 7) is 3.10. The summed E-state index contributed by atoms with van der Waals surface area (Å²) < 4.78 is 5.86. The molecule has 0 aliphatic rings. The number of aryl methyl sites for hydroxylation is 1. The molecule has 0 aliphatic heterocycles. The third-order valence-electron chi connectivity index (χ3n) is 3.50. The van der Waals surface area contributed by atoms with Crippen molar-refractivity contribution in [2.24, 2.45) is 5.73 Å². The zero-order valence-electron chi connectivity index (χ0n) is 12.0. The summed E-state index contributed by atoms with van der Waals surface area (Å²) in [5.74, 6) is 0.858. The highest BCUT2D eigenvalue weighted by Gasteiger charge is 2.04. The number of nitrogens with two attached hydrogens (primary N) is 1. The Morgan fingerprint density at radius 2 is 1.86 bits per heavy atom. The van der Waals surface area contributed by atoms with Crippen molar-refractivity contribution in [2.75, 3.05) is 0 Å². The molecule has 0 radical (unpaired) electrons. The van der Waals surface area contributed by atoms with Crippen LogP contribution >= 0.6 is 0 Å². The van der Waals surface area contributed by atoms with Crippen LogP contribution in [0.1, 0.15) is 16.8 Å². The first-order valence-corrected chi connectivity index (χ1v) is 7.03. The highest BCUT2D eigenvalue weighted by Crippen LogP contribution is 2.24. The van der Waals surface area contributed by atoms with Crippen LogP contribution in [0.5, 0.6) is 5.75 Å². The predicted molar refractivity (Wildman–Crippen MR) is 85.1 cm³/mol. The summed E-state index contributed by atoms with van der Waals surface area (Å²) in [5.41, 5.74) is 9.87. The number of hydrogen-bond acceptors (Lipinski definition) is 3. The van der Waals surface area contributed by atoms with Crippen molar-refractivity contribution in [1.29, 1.82) is 0 Å². The van der Waals surface area contributed by atoms with Gasteiger partial charge in [0.05, 0.1) is 11.2 Å². The van der Waals surface area contributed by atoms with Crippen LogP contribution in [0.3, 0.4) is 0 Å². The van der Waals surface area contributed by atoms with Crippen LogP contribution in [0, 0.1) is 6.92 Å². The number of benzene rings is 2. The SMILES string of the molecule is Cc1cc(CN)nc2ccc(OCc3ccccc3)cc12. The van der Waals surface area contributed by atoms with E-state index in [1.165, 1.54) is 5.56 Å². The minimum atomic E-state index is 0.461. The fourth-order valence-corrected chi connectivity index (χ4v) is 2.38. The van der Waals surface area contributed by atoms with E-state index < -0.39 is 0 Å². The Morgan fingerprint density at radius 1 is 1.05 bits per heavy atom. The molecule has 21 heavy (non-hydrogen) atoms. The van der Waals surface area contributed by atoms with Gasteiger partial charge in [0.2, 0.25) is 0 Å². The molecule has 2 N–H and O–H groups in total. The molecule has 0 spiro atoms. The van der Waals surface area contributed by atoms with E-state index in [2.05, 4.69) is 24.0 Å². The molecule has 0 unspecified atom stereocenters. The number of hydrogen-bond donors (Lipinski definition) is 1. The molecule has 3 rings (SSSR count). The highest BCUT2D eigenvalue weighted by atomic mass is 16.5. The molecule has 3 nitrogen and oxygen atoms in total. The number of pyridine rings is 1. The summed E-state index contributed by atoms with van der Waals surface area (Å²) in [7, 11) is 0. The Kier molecular flexibility index (Phi) is 3.84. The molecular weight excluding hydrogens is 260 g/mol. The summed E-state index contributed by atoms with van der Waals surface area (Å²) in [6, 6.07) is 18.2. The summed E-state index contributed by atoms with van der Waals surface area (Å²) in [5, 5.41) is 1.11. The summed E-state index contributed by atoms with van der Waals surface area (Å²) >= 11 is 0. The van der Waals surface area contributed by atoms with Crippen molar-refractivity contribution in [3.8, 4) is 5.75 Å². The molecule has 2 aromatic carbocycles. The number of fused-ring (bicyclic) bond motifs is 1. The standard InChI is InChI=1S/C18H18N2O/c1-13-9-15(11-19)20-18-8-7-16(10-17(13)18)21-12-14-5-3-2-4-6-14/h2-10H,11-12,19H2,1H3. The molecule has 0 aliphatic carbocycles. The van der Waals surface area contributed by atoms with Gasteiger partial charge < -0.3 is 10.5 Å². The first-order chi connectivity index (χ1) is 10.3. The molecule has 0 saturated heterocycles. The second-order valence-corrected chi connectivity index (χ2v) is 5.09. The van der Waals surface area contributed by atoms with Crippen LogP contribution in [0.4, 0.5) is 0 Å². The summed E-state index contributed by atoms with van der Waals surface area (Å²) in [6.07, 6.45) is 0. The molecule has 106 valence electrons. The maximum absolute atomic E-state index is 5.86. The highest BCUT2D eigenvalue weighted by molar-refractivity contribution is 5.83. The average molecular weight is 278 g/mol. The first kappa shape index (κ1) is 13.6. The van der Waals surface area contributed by atoms with Gasteiger partial charge in [0.1, 0.15) is 12.4 Å². The van der Waals surface area contributed by atoms with Crippen molar-refractivity contribution in [3.05, 3.63) is 71.4 Å². The predicted octanol–water partition coefficient (Wildman–Crippen LogP) is 3.58. The third kappa shape index (κ3) is 3.03. The molecule has 0 atom stereocenters. The van der Waals surface area contributed by atoms with E-state index in [4.69, 9.17) is 10.5 Å². The van der Waals surface area contributed by atoms with Crippen molar-refractivity contribution >= 4 is 10.9 Å². The Morgan fingerprint density at radius 3 is 2.62 bits per heavy atom. The van der Waals surface area contributed by atoms with Gasteiger partial charge in [-0.25, -0.2) is 0 Å². The quantitative estimate of drug-likeness (QED) is 0.793. The van der Waals surface area contributed by atoms with E-state index in [0.717, 1.165) is 27.9 Å². The lowest BCUT2D eigenvalue weighted by molar-refractivity contribution is 0.306. The smallest absolute Gasteiger partial charge is 0.120 e. The molecule has 3 heteroatoms. The average Bonchev–Trinajstić information content (AvgIpc) is 2.54. The molecule has 0 saturated carbocycles. The zero-order chi connectivity index (χ0) is 14.7. The van der Waals surface area contributed by atoms with Gasteiger partial charge in [0.25, 0.3) is 0 Å². The zero-order valence-corrected chi connectivity index (χ0v) is 12.0. The minimum Gasteiger partial charge on any atom is -0.489 e.